The van der Waals surface area contributed by atoms with Crippen molar-refractivity contribution in [1.29, 1.82) is 0 Å². The standard InChI is InChI=1S/C15H12BrClF2O2/c1-20-12-6-4-9(15(21-2)13(12)16)14(17)8-3-5-10(18)11(19)7-8/h3-7,14H,1-2H3. The molecular formula is C15H12BrClF2O2. The molecule has 2 aromatic carbocycles. The summed E-state index contributed by atoms with van der Waals surface area (Å²) in [7, 11) is 3.03. The predicted molar refractivity (Wildman–Crippen MR) is 81.3 cm³/mol. The Morgan fingerprint density at radius 1 is 1.05 bits per heavy atom. The maximum absolute atomic E-state index is 13.3. The van der Waals surface area contributed by atoms with Crippen molar-refractivity contribution in [3.63, 3.8) is 0 Å². The Labute approximate surface area is 134 Å². The predicted octanol–water partition coefficient (Wildman–Crippen LogP) is 5.07. The number of methoxy groups -OCH3 is 2. The second-order valence-electron chi connectivity index (χ2n) is 4.24. The van der Waals surface area contributed by atoms with Gasteiger partial charge < -0.3 is 9.47 Å². The first-order valence-electron chi connectivity index (χ1n) is 5.99. The SMILES string of the molecule is COc1ccc(C(Cl)c2ccc(F)c(F)c2)c(OC)c1Br. The van der Waals surface area contributed by atoms with Gasteiger partial charge in [-0.3, -0.25) is 0 Å². The van der Waals surface area contributed by atoms with Crippen LogP contribution in [0.1, 0.15) is 16.5 Å². The van der Waals surface area contributed by atoms with Crippen LogP contribution in [0, 0.1) is 11.6 Å². The van der Waals surface area contributed by atoms with Gasteiger partial charge in [-0.2, -0.15) is 0 Å². The first kappa shape index (κ1) is 16.0. The van der Waals surface area contributed by atoms with Gasteiger partial charge in [-0.15, -0.1) is 11.6 Å². The van der Waals surface area contributed by atoms with E-state index in [2.05, 4.69) is 15.9 Å². The molecule has 0 aromatic heterocycles. The van der Waals surface area contributed by atoms with Gasteiger partial charge in [0, 0.05) is 5.56 Å². The van der Waals surface area contributed by atoms with Crippen molar-refractivity contribution in [3.05, 3.63) is 57.6 Å². The van der Waals surface area contributed by atoms with E-state index in [4.69, 9.17) is 21.1 Å². The monoisotopic (exact) mass is 376 g/mol. The summed E-state index contributed by atoms with van der Waals surface area (Å²) in [5.41, 5.74) is 1.06. The van der Waals surface area contributed by atoms with E-state index in [9.17, 15) is 8.78 Å². The molecule has 0 radical (unpaired) electrons. The summed E-state index contributed by atoms with van der Waals surface area (Å²) in [4.78, 5) is 0. The lowest BCUT2D eigenvalue weighted by atomic mass is 10.0. The average Bonchev–Trinajstić information content (AvgIpc) is 2.49. The van der Waals surface area contributed by atoms with Gasteiger partial charge in [0.2, 0.25) is 0 Å². The van der Waals surface area contributed by atoms with Gasteiger partial charge in [-0.25, -0.2) is 8.78 Å². The van der Waals surface area contributed by atoms with Gasteiger partial charge in [0.25, 0.3) is 0 Å². The Kier molecular flexibility index (Phi) is 5.06. The molecule has 0 saturated carbocycles. The zero-order valence-electron chi connectivity index (χ0n) is 11.3. The average molecular weight is 378 g/mol. The fourth-order valence-electron chi connectivity index (χ4n) is 1.97. The first-order valence-corrected chi connectivity index (χ1v) is 7.22. The molecule has 2 aromatic rings. The van der Waals surface area contributed by atoms with Crippen LogP contribution in [0.5, 0.6) is 11.5 Å². The Hall–Kier alpha value is -1.33. The Bertz CT molecular complexity index is 664. The van der Waals surface area contributed by atoms with Gasteiger partial charge in [0.15, 0.2) is 11.6 Å². The molecule has 112 valence electrons. The molecule has 2 rings (SSSR count). The topological polar surface area (TPSA) is 18.5 Å². The van der Waals surface area contributed by atoms with Crippen molar-refractivity contribution in [2.45, 2.75) is 5.38 Å². The number of halogens is 4. The van der Waals surface area contributed by atoms with Crippen molar-refractivity contribution in [2.75, 3.05) is 14.2 Å². The molecule has 1 unspecified atom stereocenters. The molecule has 0 spiro atoms. The molecule has 0 fully saturated rings. The molecule has 0 aliphatic rings. The smallest absolute Gasteiger partial charge is 0.159 e. The van der Waals surface area contributed by atoms with Gasteiger partial charge in [-0.1, -0.05) is 6.07 Å². The van der Waals surface area contributed by atoms with Crippen LogP contribution in [-0.2, 0) is 0 Å². The van der Waals surface area contributed by atoms with Crippen molar-refractivity contribution < 1.29 is 18.3 Å². The Morgan fingerprint density at radius 2 is 1.76 bits per heavy atom. The first-order chi connectivity index (χ1) is 9.99. The highest BCUT2D eigenvalue weighted by Gasteiger charge is 2.21. The molecule has 0 saturated heterocycles. The van der Waals surface area contributed by atoms with Crippen LogP contribution in [0.3, 0.4) is 0 Å². The minimum atomic E-state index is -0.940. The van der Waals surface area contributed by atoms with Crippen molar-refractivity contribution >= 4 is 27.5 Å². The fraction of sp³-hybridized carbons (Fsp3) is 0.200. The van der Waals surface area contributed by atoms with Gasteiger partial charge in [-0.05, 0) is 45.8 Å². The number of benzene rings is 2. The van der Waals surface area contributed by atoms with Crippen LogP contribution in [0.4, 0.5) is 8.78 Å². The Balaban J connectivity index is 2.50. The van der Waals surface area contributed by atoms with Crippen molar-refractivity contribution in [2.24, 2.45) is 0 Å². The van der Waals surface area contributed by atoms with E-state index in [1.807, 2.05) is 0 Å². The maximum atomic E-state index is 13.3. The third kappa shape index (κ3) is 3.14. The van der Waals surface area contributed by atoms with E-state index in [-0.39, 0.29) is 0 Å². The minimum Gasteiger partial charge on any atom is -0.495 e. The molecule has 2 nitrogen and oxygen atoms in total. The van der Waals surface area contributed by atoms with E-state index in [0.717, 1.165) is 12.1 Å². The van der Waals surface area contributed by atoms with Crippen LogP contribution < -0.4 is 9.47 Å². The molecule has 0 amide bonds. The molecule has 0 N–H and O–H groups in total. The fourth-order valence-corrected chi connectivity index (χ4v) is 2.96. The maximum Gasteiger partial charge on any atom is 0.159 e. The van der Waals surface area contributed by atoms with Crippen molar-refractivity contribution in [3.8, 4) is 11.5 Å². The van der Waals surface area contributed by atoms with E-state index >= 15 is 0 Å². The molecule has 0 aliphatic heterocycles. The molecule has 0 aliphatic carbocycles. The van der Waals surface area contributed by atoms with E-state index in [1.54, 1.807) is 12.1 Å². The van der Waals surface area contributed by atoms with Crippen LogP contribution in [-0.4, -0.2) is 14.2 Å². The molecular weight excluding hydrogens is 366 g/mol. The van der Waals surface area contributed by atoms with Gasteiger partial charge in [0.1, 0.15) is 16.0 Å². The number of hydrogen-bond donors (Lipinski definition) is 0. The number of rotatable bonds is 4. The highest BCUT2D eigenvalue weighted by atomic mass is 79.9. The summed E-state index contributed by atoms with van der Waals surface area (Å²) in [6.45, 7) is 0. The second-order valence-corrected chi connectivity index (χ2v) is 5.47. The van der Waals surface area contributed by atoms with Crippen LogP contribution in [0.25, 0.3) is 0 Å². The van der Waals surface area contributed by atoms with Crippen LogP contribution in [0.15, 0.2) is 34.8 Å². The largest absolute Gasteiger partial charge is 0.495 e. The van der Waals surface area contributed by atoms with E-state index in [1.165, 1.54) is 20.3 Å². The molecule has 1 atom stereocenters. The lowest BCUT2D eigenvalue weighted by Gasteiger charge is -2.17. The third-order valence-electron chi connectivity index (χ3n) is 3.03. The summed E-state index contributed by atoms with van der Waals surface area (Å²) in [5.74, 6) is -0.779. The third-order valence-corrected chi connectivity index (χ3v) is 4.26. The molecule has 0 bridgehead atoms. The zero-order valence-corrected chi connectivity index (χ0v) is 13.6. The number of hydrogen-bond acceptors (Lipinski definition) is 2. The van der Waals surface area contributed by atoms with E-state index < -0.39 is 17.0 Å². The van der Waals surface area contributed by atoms with Crippen molar-refractivity contribution in [1.82, 2.24) is 0 Å². The molecule has 6 heteroatoms. The lowest BCUT2D eigenvalue weighted by molar-refractivity contribution is 0.386. The normalized spacial score (nSPS) is 12.1. The molecule has 21 heavy (non-hydrogen) atoms. The summed E-state index contributed by atoms with van der Waals surface area (Å²) in [6.07, 6.45) is 0. The van der Waals surface area contributed by atoms with Crippen LogP contribution >= 0.6 is 27.5 Å². The second kappa shape index (κ2) is 6.62. The zero-order chi connectivity index (χ0) is 15.6. The summed E-state index contributed by atoms with van der Waals surface area (Å²) in [5, 5.41) is -0.683. The van der Waals surface area contributed by atoms with Crippen LogP contribution in [0.2, 0.25) is 0 Å². The van der Waals surface area contributed by atoms with E-state index in [0.29, 0.717) is 27.1 Å². The highest BCUT2D eigenvalue weighted by molar-refractivity contribution is 9.10. The minimum absolute atomic E-state index is 0.436. The quantitative estimate of drug-likeness (QED) is 0.692. The van der Waals surface area contributed by atoms with Gasteiger partial charge >= 0.3 is 0 Å². The summed E-state index contributed by atoms with van der Waals surface area (Å²) in [6, 6.07) is 7.00. The lowest BCUT2D eigenvalue weighted by Crippen LogP contribution is -2.00. The Morgan fingerprint density at radius 3 is 2.33 bits per heavy atom. The summed E-state index contributed by atoms with van der Waals surface area (Å²) < 4.78 is 37.5. The number of ether oxygens (including phenoxy) is 2. The highest BCUT2D eigenvalue weighted by Crippen LogP contribution is 2.43. The van der Waals surface area contributed by atoms with Gasteiger partial charge in [0.05, 0.1) is 19.6 Å². The number of alkyl halides is 1. The molecule has 0 heterocycles. The summed E-state index contributed by atoms with van der Waals surface area (Å²) >= 11 is 9.75.